The third-order valence-corrected chi connectivity index (χ3v) is 3.75. The van der Waals surface area contributed by atoms with Crippen LogP contribution in [0.4, 0.5) is 0 Å². The molecule has 1 amide bonds. The Kier molecular flexibility index (Phi) is 4.37. The van der Waals surface area contributed by atoms with E-state index < -0.39 is 6.04 Å². The molecule has 1 aromatic rings. The molecule has 2 rings (SSSR count). The molecule has 2 atom stereocenters. The summed E-state index contributed by atoms with van der Waals surface area (Å²) < 4.78 is 0. The lowest BCUT2D eigenvalue weighted by Crippen LogP contribution is -2.46. The van der Waals surface area contributed by atoms with Gasteiger partial charge < -0.3 is 10.6 Å². The Bertz CT molecular complexity index is 391. The van der Waals surface area contributed by atoms with Gasteiger partial charge in [0.05, 0.1) is 6.04 Å². The number of hydrogen-bond acceptors (Lipinski definition) is 2. The summed E-state index contributed by atoms with van der Waals surface area (Å²) in [6.45, 7) is 3.01. The number of rotatable bonds is 4. The molecule has 0 saturated carbocycles. The fourth-order valence-electron chi connectivity index (χ4n) is 2.72. The number of likely N-dealkylation sites (tertiary alicyclic amines) is 1. The first-order chi connectivity index (χ1) is 8.72. The van der Waals surface area contributed by atoms with E-state index in [0.29, 0.717) is 12.5 Å². The molecule has 98 valence electrons. The number of carbonyl (C=O) groups excluding carboxylic acids is 1. The normalized spacial score (nSPS) is 21.0. The van der Waals surface area contributed by atoms with Crippen LogP contribution in [0.15, 0.2) is 30.3 Å². The highest BCUT2D eigenvalue weighted by Gasteiger charge is 2.30. The maximum Gasteiger partial charge on any atom is 0.240 e. The second-order valence-corrected chi connectivity index (χ2v) is 5.03. The Morgan fingerprint density at radius 2 is 2.17 bits per heavy atom. The molecule has 0 spiro atoms. The molecule has 1 heterocycles. The van der Waals surface area contributed by atoms with Crippen molar-refractivity contribution < 1.29 is 4.79 Å². The zero-order valence-electron chi connectivity index (χ0n) is 11.0. The largest absolute Gasteiger partial charge is 0.338 e. The minimum atomic E-state index is -0.403. The second kappa shape index (κ2) is 6.01. The van der Waals surface area contributed by atoms with Crippen LogP contribution in [0.2, 0.25) is 0 Å². The van der Waals surface area contributed by atoms with Crippen LogP contribution in [0.3, 0.4) is 0 Å². The summed E-state index contributed by atoms with van der Waals surface area (Å²) in [7, 11) is 0. The van der Waals surface area contributed by atoms with Crippen molar-refractivity contribution in [3.05, 3.63) is 35.9 Å². The zero-order valence-corrected chi connectivity index (χ0v) is 11.0. The highest BCUT2D eigenvalue weighted by atomic mass is 16.2. The lowest BCUT2D eigenvalue weighted by molar-refractivity contribution is -0.133. The van der Waals surface area contributed by atoms with Gasteiger partial charge in [-0.15, -0.1) is 0 Å². The standard InChI is InChI=1S/C15H22N2O/c1-2-13-9-6-10-17(13)15(18)14(16)11-12-7-4-3-5-8-12/h3-5,7-8,13-14H,2,6,9-11,16H2,1H3/t13?,14-/m0/s1. The van der Waals surface area contributed by atoms with Crippen LogP contribution < -0.4 is 5.73 Å². The summed E-state index contributed by atoms with van der Waals surface area (Å²) in [6.07, 6.45) is 3.90. The smallest absolute Gasteiger partial charge is 0.240 e. The molecule has 3 heteroatoms. The number of hydrogen-bond donors (Lipinski definition) is 1. The van der Waals surface area contributed by atoms with Crippen molar-refractivity contribution in [2.45, 2.75) is 44.7 Å². The molecule has 3 nitrogen and oxygen atoms in total. The van der Waals surface area contributed by atoms with Crippen molar-refractivity contribution in [2.75, 3.05) is 6.54 Å². The number of benzene rings is 1. The quantitative estimate of drug-likeness (QED) is 0.882. The van der Waals surface area contributed by atoms with E-state index in [4.69, 9.17) is 5.73 Å². The fourth-order valence-corrected chi connectivity index (χ4v) is 2.72. The Hall–Kier alpha value is -1.35. The van der Waals surface area contributed by atoms with Crippen LogP contribution in [0, 0.1) is 0 Å². The first-order valence-electron chi connectivity index (χ1n) is 6.82. The van der Waals surface area contributed by atoms with Gasteiger partial charge >= 0.3 is 0 Å². The van der Waals surface area contributed by atoms with Gasteiger partial charge in [0.2, 0.25) is 5.91 Å². The van der Waals surface area contributed by atoms with Crippen LogP contribution in [0.25, 0.3) is 0 Å². The summed E-state index contributed by atoms with van der Waals surface area (Å²) in [4.78, 5) is 14.3. The van der Waals surface area contributed by atoms with Crippen LogP contribution in [0.1, 0.15) is 31.7 Å². The molecule has 18 heavy (non-hydrogen) atoms. The second-order valence-electron chi connectivity index (χ2n) is 5.03. The number of nitrogens with zero attached hydrogens (tertiary/aromatic N) is 1. The summed E-state index contributed by atoms with van der Waals surface area (Å²) in [6, 6.07) is 9.99. The molecule has 2 N–H and O–H groups in total. The van der Waals surface area contributed by atoms with E-state index in [9.17, 15) is 4.79 Å². The van der Waals surface area contributed by atoms with Gasteiger partial charge in [-0.05, 0) is 31.2 Å². The maximum absolute atomic E-state index is 12.3. The molecule has 1 aliphatic heterocycles. The molecule has 1 saturated heterocycles. The Balaban J connectivity index is 1.96. The van der Waals surface area contributed by atoms with E-state index in [2.05, 4.69) is 6.92 Å². The first kappa shape index (κ1) is 13.1. The topological polar surface area (TPSA) is 46.3 Å². The molecule has 0 bridgehead atoms. The van der Waals surface area contributed by atoms with Crippen LogP contribution in [-0.4, -0.2) is 29.4 Å². The SMILES string of the molecule is CCC1CCCN1C(=O)[C@@H](N)Cc1ccccc1. The number of amides is 1. The molecule has 0 aromatic heterocycles. The van der Waals surface area contributed by atoms with E-state index >= 15 is 0 Å². The van der Waals surface area contributed by atoms with E-state index in [1.807, 2.05) is 35.2 Å². The van der Waals surface area contributed by atoms with Gasteiger partial charge in [-0.1, -0.05) is 37.3 Å². The first-order valence-corrected chi connectivity index (χ1v) is 6.82. The van der Waals surface area contributed by atoms with Crippen molar-refractivity contribution in [3.8, 4) is 0 Å². The van der Waals surface area contributed by atoms with Crippen molar-refractivity contribution >= 4 is 5.91 Å². The Morgan fingerprint density at radius 1 is 1.44 bits per heavy atom. The lowest BCUT2D eigenvalue weighted by atomic mass is 10.0. The molecule has 1 unspecified atom stereocenters. The summed E-state index contributed by atoms with van der Waals surface area (Å²) in [5.41, 5.74) is 7.18. The molecule has 1 fully saturated rings. The molecular formula is C15H22N2O. The zero-order chi connectivity index (χ0) is 13.0. The summed E-state index contributed by atoms with van der Waals surface area (Å²) in [5.74, 6) is 0.114. The van der Waals surface area contributed by atoms with Crippen LogP contribution >= 0.6 is 0 Å². The molecule has 0 aliphatic carbocycles. The van der Waals surface area contributed by atoms with Crippen LogP contribution in [0.5, 0.6) is 0 Å². The van der Waals surface area contributed by atoms with Gasteiger partial charge in [-0.3, -0.25) is 4.79 Å². The molecule has 1 aromatic carbocycles. The third kappa shape index (κ3) is 2.91. The monoisotopic (exact) mass is 246 g/mol. The van der Waals surface area contributed by atoms with Gasteiger partial charge in [-0.25, -0.2) is 0 Å². The van der Waals surface area contributed by atoms with Gasteiger partial charge in [0, 0.05) is 12.6 Å². The van der Waals surface area contributed by atoms with Crippen molar-refractivity contribution in [3.63, 3.8) is 0 Å². The van der Waals surface area contributed by atoms with Crippen molar-refractivity contribution in [1.82, 2.24) is 4.90 Å². The van der Waals surface area contributed by atoms with E-state index in [1.54, 1.807) is 0 Å². The maximum atomic E-state index is 12.3. The molecule has 1 aliphatic rings. The van der Waals surface area contributed by atoms with Crippen molar-refractivity contribution in [1.29, 1.82) is 0 Å². The minimum absolute atomic E-state index is 0.114. The van der Waals surface area contributed by atoms with E-state index in [0.717, 1.165) is 31.4 Å². The van der Waals surface area contributed by atoms with E-state index in [1.165, 1.54) is 0 Å². The van der Waals surface area contributed by atoms with E-state index in [-0.39, 0.29) is 5.91 Å². The highest BCUT2D eigenvalue weighted by Crippen LogP contribution is 2.20. The number of nitrogens with two attached hydrogens (primary N) is 1. The van der Waals surface area contributed by atoms with Gasteiger partial charge in [-0.2, -0.15) is 0 Å². The Labute approximate surface area is 109 Å². The number of carbonyl (C=O) groups is 1. The predicted molar refractivity (Wildman–Crippen MR) is 73.1 cm³/mol. The third-order valence-electron chi connectivity index (χ3n) is 3.75. The average molecular weight is 246 g/mol. The average Bonchev–Trinajstić information content (AvgIpc) is 2.87. The minimum Gasteiger partial charge on any atom is -0.338 e. The fraction of sp³-hybridized carbons (Fsp3) is 0.533. The Morgan fingerprint density at radius 3 is 2.83 bits per heavy atom. The van der Waals surface area contributed by atoms with Gasteiger partial charge in [0.1, 0.15) is 0 Å². The molecule has 0 radical (unpaired) electrons. The van der Waals surface area contributed by atoms with Gasteiger partial charge in [0.15, 0.2) is 0 Å². The van der Waals surface area contributed by atoms with Crippen molar-refractivity contribution in [2.24, 2.45) is 5.73 Å². The summed E-state index contributed by atoms with van der Waals surface area (Å²) >= 11 is 0. The molecular weight excluding hydrogens is 224 g/mol. The lowest BCUT2D eigenvalue weighted by Gasteiger charge is -2.26. The highest BCUT2D eigenvalue weighted by molar-refractivity contribution is 5.82. The predicted octanol–water partition coefficient (Wildman–Crippen LogP) is 1.96. The summed E-state index contributed by atoms with van der Waals surface area (Å²) in [5, 5.41) is 0. The van der Waals surface area contributed by atoms with Crippen LogP contribution in [-0.2, 0) is 11.2 Å². The van der Waals surface area contributed by atoms with Gasteiger partial charge in [0.25, 0.3) is 0 Å².